The van der Waals surface area contributed by atoms with Crippen LogP contribution < -0.4 is 14.9 Å². The molecule has 3 aromatic carbocycles. The number of nitrogens with one attached hydrogen (secondary N) is 2. The molecule has 0 unspecified atom stereocenters. The molecule has 1 saturated heterocycles. The Morgan fingerprint density at radius 2 is 1.56 bits per heavy atom. The van der Waals surface area contributed by atoms with Gasteiger partial charge in [0.15, 0.2) is 0 Å². The number of amides is 1. The van der Waals surface area contributed by atoms with Crippen molar-refractivity contribution in [3.8, 4) is 0 Å². The van der Waals surface area contributed by atoms with E-state index in [1.165, 1.54) is 30.7 Å². The van der Waals surface area contributed by atoms with Crippen LogP contribution in [0.5, 0.6) is 0 Å². The second-order valence-electron chi connectivity index (χ2n) is 7.66. The number of halogens is 1. The number of hydrogen-bond acceptors (Lipinski definition) is 4. The van der Waals surface area contributed by atoms with Crippen molar-refractivity contribution in [2.45, 2.75) is 24.2 Å². The lowest BCUT2D eigenvalue weighted by Gasteiger charge is -2.29. The minimum absolute atomic E-state index is 0.0661. The zero-order chi connectivity index (χ0) is 22.6. The third kappa shape index (κ3) is 5.23. The standard InChI is InChI=1S/C24H24ClN3O3S/c25-18-9-12-21(13-10-18)32(30,31)27-23-14-11-20(28-15-5-2-6-16-28)17-22(23)24(29)26-19-7-3-1-4-8-19/h1,3-4,7-14,17,27H,2,5-6,15-16H2,(H,26,29). The minimum Gasteiger partial charge on any atom is -0.372 e. The zero-order valence-corrected chi connectivity index (χ0v) is 19.0. The van der Waals surface area contributed by atoms with Gasteiger partial charge in [0.2, 0.25) is 0 Å². The molecule has 2 N–H and O–H groups in total. The molecular weight excluding hydrogens is 446 g/mol. The second-order valence-corrected chi connectivity index (χ2v) is 9.78. The minimum atomic E-state index is -3.90. The van der Waals surface area contributed by atoms with Gasteiger partial charge in [-0.2, -0.15) is 0 Å². The molecule has 1 heterocycles. The van der Waals surface area contributed by atoms with E-state index < -0.39 is 10.0 Å². The number of benzene rings is 3. The van der Waals surface area contributed by atoms with Crippen molar-refractivity contribution in [3.05, 3.63) is 83.4 Å². The fourth-order valence-corrected chi connectivity index (χ4v) is 4.90. The summed E-state index contributed by atoms with van der Waals surface area (Å²) in [5.41, 5.74) is 2.01. The van der Waals surface area contributed by atoms with Crippen molar-refractivity contribution in [2.24, 2.45) is 0 Å². The normalized spacial score (nSPS) is 14.1. The van der Waals surface area contributed by atoms with Crippen LogP contribution in [0.15, 0.2) is 77.7 Å². The van der Waals surface area contributed by atoms with Crippen molar-refractivity contribution in [1.82, 2.24) is 0 Å². The van der Waals surface area contributed by atoms with Gasteiger partial charge in [0.1, 0.15) is 0 Å². The second kappa shape index (κ2) is 9.63. The number of nitrogens with zero attached hydrogens (tertiary/aromatic N) is 1. The summed E-state index contributed by atoms with van der Waals surface area (Å²) in [5.74, 6) is -0.385. The van der Waals surface area contributed by atoms with Crippen LogP contribution in [0, 0.1) is 0 Å². The summed E-state index contributed by atoms with van der Waals surface area (Å²) in [6, 6.07) is 20.2. The van der Waals surface area contributed by atoms with Crippen LogP contribution in [0.3, 0.4) is 0 Å². The predicted octanol–water partition coefficient (Wildman–Crippen LogP) is 5.38. The molecule has 1 amide bonds. The van der Waals surface area contributed by atoms with Crippen LogP contribution in [-0.4, -0.2) is 27.4 Å². The topological polar surface area (TPSA) is 78.5 Å². The first-order chi connectivity index (χ1) is 15.4. The third-order valence-electron chi connectivity index (χ3n) is 5.37. The Kier molecular flexibility index (Phi) is 6.67. The Morgan fingerprint density at radius 1 is 0.875 bits per heavy atom. The van der Waals surface area contributed by atoms with Crippen LogP contribution in [0.25, 0.3) is 0 Å². The van der Waals surface area contributed by atoms with E-state index in [1.54, 1.807) is 24.3 Å². The maximum atomic E-state index is 13.2. The molecule has 0 atom stereocenters. The Hall–Kier alpha value is -3.03. The van der Waals surface area contributed by atoms with Gasteiger partial charge in [0.05, 0.1) is 16.1 Å². The number of carbonyl (C=O) groups excluding carboxylic acids is 1. The number of carbonyl (C=O) groups is 1. The van der Waals surface area contributed by atoms with E-state index in [0.717, 1.165) is 31.6 Å². The Morgan fingerprint density at radius 3 is 2.25 bits per heavy atom. The highest BCUT2D eigenvalue weighted by atomic mass is 35.5. The fourth-order valence-electron chi connectivity index (χ4n) is 3.70. The lowest BCUT2D eigenvalue weighted by Crippen LogP contribution is -2.29. The summed E-state index contributed by atoms with van der Waals surface area (Å²) in [6.45, 7) is 1.82. The number of anilines is 3. The molecule has 1 aliphatic heterocycles. The van der Waals surface area contributed by atoms with E-state index in [1.807, 2.05) is 24.3 Å². The first kappa shape index (κ1) is 22.2. The Labute approximate surface area is 193 Å². The highest BCUT2D eigenvalue weighted by Gasteiger charge is 2.21. The largest absolute Gasteiger partial charge is 0.372 e. The average molecular weight is 470 g/mol. The monoisotopic (exact) mass is 469 g/mol. The van der Waals surface area contributed by atoms with E-state index in [4.69, 9.17) is 11.6 Å². The molecule has 0 aliphatic carbocycles. The SMILES string of the molecule is O=C(Nc1ccccc1)c1cc(N2CCCCC2)ccc1NS(=O)(=O)c1ccc(Cl)cc1. The first-order valence-electron chi connectivity index (χ1n) is 10.5. The summed E-state index contributed by atoms with van der Waals surface area (Å²) in [7, 11) is -3.90. The quantitative estimate of drug-likeness (QED) is 0.507. The van der Waals surface area contributed by atoms with Gasteiger partial charge in [-0.25, -0.2) is 8.42 Å². The van der Waals surface area contributed by atoms with Crippen LogP contribution in [0.4, 0.5) is 17.1 Å². The molecule has 32 heavy (non-hydrogen) atoms. The third-order valence-corrected chi connectivity index (χ3v) is 7.00. The number of para-hydroxylation sites is 1. The Bertz CT molecular complexity index is 1190. The summed E-state index contributed by atoms with van der Waals surface area (Å²) in [5, 5.41) is 3.29. The maximum absolute atomic E-state index is 13.2. The van der Waals surface area contributed by atoms with E-state index in [9.17, 15) is 13.2 Å². The first-order valence-corrected chi connectivity index (χ1v) is 12.3. The molecule has 166 valence electrons. The van der Waals surface area contributed by atoms with Crippen molar-refractivity contribution < 1.29 is 13.2 Å². The molecule has 4 rings (SSSR count). The molecule has 6 nitrogen and oxygen atoms in total. The van der Waals surface area contributed by atoms with Crippen molar-refractivity contribution in [3.63, 3.8) is 0 Å². The molecular formula is C24H24ClN3O3S. The zero-order valence-electron chi connectivity index (χ0n) is 17.4. The highest BCUT2D eigenvalue weighted by Crippen LogP contribution is 2.28. The van der Waals surface area contributed by atoms with E-state index in [-0.39, 0.29) is 22.1 Å². The van der Waals surface area contributed by atoms with E-state index >= 15 is 0 Å². The number of hydrogen-bond donors (Lipinski definition) is 2. The van der Waals surface area contributed by atoms with Crippen LogP contribution in [0.2, 0.25) is 5.02 Å². The smallest absolute Gasteiger partial charge is 0.261 e. The molecule has 0 bridgehead atoms. The average Bonchev–Trinajstić information content (AvgIpc) is 2.80. The van der Waals surface area contributed by atoms with Gasteiger partial charge in [-0.3, -0.25) is 9.52 Å². The molecule has 0 spiro atoms. The Balaban J connectivity index is 1.68. The molecule has 3 aromatic rings. The van der Waals surface area contributed by atoms with Gasteiger partial charge in [-0.15, -0.1) is 0 Å². The highest BCUT2D eigenvalue weighted by molar-refractivity contribution is 7.92. The molecule has 0 aromatic heterocycles. The van der Waals surface area contributed by atoms with Gasteiger partial charge in [0, 0.05) is 29.5 Å². The summed E-state index contributed by atoms with van der Waals surface area (Å²) in [6.07, 6.45) is 3.38. The van der Waals surface area contributed by atoms with Gasteiger partial charge in [-0.1, -0.05) is 29.8 Å². The number of piperidine rings is 1. The fraction of sp³-hybridized carbons (Fsp3) is 0.208. The van der Waals surface area contributed by atoms with Crippen molar-refractivity contribution in [1.29, 1.82) is 0 Å². The lowest BCUT2D eigenvalue weighted by molar-refractivity contribution is 0.102. The predicted molar refractivity (Wildman–Crippen MR) is 129 cm³/mol. The number of rotatable bonds is 6. The van der Waals surface area contributed by atoms with Gasteiger partial charge < -0.3 is 10.2 Å². The van der Waals surface area contributed by atoms with Crippen LogP contribution >= 0.6 is 11.6 Å². The van der Waals surface area contributed by atoms with Gasteiger partial charge in [0.25, 0.3) is 15.9 Å². The molecule has 0 radical (unpaired) electrons. The van der Waals surface area contributed by atoms with Gasteiger partial charge >= 0.3 is 0 Å². The van der Waals surface area contributed by atoms with E-state index in [0.29, 0.717) is 10.7 Å². The molecule has 0 saturated carbocycles. The molecule has 1 aliphatic rings. The summed E-state index contributed by atoms with van der Waals surface area (Å²) in [4.78, 5) is 15.4. The van der Waals surface area contributed by atoms with Gasteiger partial charge in [-0.05, 0) is 73.9 Å². The summed E-state index contributed by atoms with van der Waals surface area (Å²) < 4.78 is 28.4. The number of sulfonamides is 1. The molecule has 8 heteroatoms. The van der Waals surface area contributed by atoms with Crippen molar-refractivity contribution >= 4 is 44.6 Å². The van der Waals surface area contributed by atoms with Crippen LogP contribution in [-0.2, 0) is 10.0 Å². The van der Waals surface area contributed by atoms with E-state index in [2.05, 4.69) is 14.9 Å². The van der Waals surface area contributed by atoms with Crippen molar-refractivity contribution in [2.75, 3.05) is 28.0 Å². The van der Waals surface area contributed by atoms with Crippen LogP contribution in [0.1, 0.15) is 29.6 Å². The molecule has 1 fully saturated rings. The lowest BCUT2D eigenvalue weighted by atomic mass is 10.1. The summed E-state index contributed by atoms with van der Waals surface area (Å²) >= 11 is 5.88. The maximum Gasteiger partial charge on any atom is 0.261 e.